The first-order valence-electron chi connectivity index (χ1n) is 8.35. The van der Waals surface area contributed by atoms with E-state index in [0.717, 1.165) is 16.7 Å². The Bertz CT molecular complexity index is 1110. The monoisotopic (exact) mass is 340 g/mol. The molecule has 0 radical (unpaired) electrons. The van der Waals surface area contributed by atoms with Crippen LogP contribution in [0.4, 0.5) is 5.69 Å². The second kappa shape index (κ2) is 6.41. The molecule has 0 aliphatic rings. The third-order valence-corrected chi connectivity index (χ3v) is 4.41. The first kappa shape index (κ1) is 16.0. The van der Waals surface area contributed by atoms with Gasteiger partial charge in [-0.15, -0.1) is 0 Å². The maximum Gasteiger partial charge on any atom is 0.288 e. The van der Waals surface area contributed by atoms with Crippen molar-refractivity contribution in [3.63, 3.8) is 0 Å². The number of rotatable bonds is 3. The van der Waals surface area contributed by atoms with Gasteiger partial charge in [0.15, 0.2) is 0 Å². The normalized spacial score (nSPS) is 10.8. The molecule has 4 rings (SSSR count). The van der Waals surface area contributed by atoms with E-state index in [-0.39, 0.29) is 10.6 Å². The van der Waals surface area contributed by atoms with Gasteiger partial charge in [-0.25, -0.2) is 4.98 Å². The molecule has 4 aromatic rings. The van der Waals surface area contributed by atoms with E-state index in [1.807, 2.05) is 85.8 Å². The molecule has 0 aliphatic heterocycles. The lowest BCUT2D eigenvalue weighted by molar-refractivity contribution is -0.382. The number of pyridine rings is 1. The Labute approximate surface area is 150 Å². The van der Waals surface area contributed by atoms with Gasteiger partial charge in [0.25, 0.3) is 5.69 Å². The van der Waals surface area contributed by atoms with Gasteiger partial charge >= 0.3 is 0 Å². The lowest BCUT2D eigenvalue weighted by Gasteiger charge is -2.13. The number of hydrogen-bond donors (Lipinski definition) is 0. The van der Waals surface area contributed by atoms with Gasteiger partial charge in [0.1, 0.15) is 0 Å². The zero-order chi connectivity index (χ0) is 18.1. The van der Waals surface area contributed by atoms with Gasteiger partial charge in [0.05, 0.1) is 27.1 Å². The maximum atomic E-state index is 12.1. The van der Waals surface area contributed by atoms with Crippen LogP contribution < -0.4 is 0 Å². The minimum absolute atomic E-state index is 0.101. The van der Waals surface area contributed by atoms with Crippen molar-refractivity contribution in [1.29, 1.82) is 0 Å². The van der Waals surface area contributed by atoms with Crippen LogP contribution >= 0.6 is 0 Å². The van der Waals surface area contributed by atoms with Crippen LogP contribution in [0.5, 0.6) is 0 Å². The Morgan fingerprint density at radius 1 is 0.846 bits per heavy atom. The molecule has 0 bridgehead atoms. The van der Waals surface area contributed by atoms with E-state index in [1.165, 1.54) is 0 Å². The summed E-state index contributed by atoms with van der Waals surface area (Å²) in [6.45, 7) is 1.93. The Kier molecular flexibility index (Phi) is 3.93. The SMILES string of the molecule is Cc1ccc2nc(-c3ccccc3)c(-c3ccccc3)c([N+](=O)[O-])c2c1. The van der Waals surface area contributed by atoms with Crippen LogP contribution in [0.25, 0.3) is 33.3 Å². The van der Waals surface area contributed by atoms with Crippen molar-refractivity contribution < 1.29 is 4.92 Å². The van der Waals surface area contributed by atoms with E-state index in [0.29, 0.717) is 22.2 Å². The average molecular weight is 340 g/mol. The Hall–Kier alpha value is -3.53. The van der Waals surface area contributed by atoms with E-state index in [9.17, 15) is 10.1 Å². The first-order chi connectivity index (χ1) is 12.6. The summed E-state index contributed by atoms with van der Waals surface area (Å²) in [6.07, 6.45) is 0. The summed E-state index contributed by atoms with van der Waals surface area (Å²) < 4.78 is 0. The number of nitro groups is 1. The van der Waals surface area contributed by atoms with Crippen LogP contribution in [-0.4, -0.2) is 9.91 Å². The molecule has 0 spiro atoms. The van der Waals surface area contributed by atoms with E-state index in [2.05, 4.69) is 0 Å². The van der Waals surface area contributed by atoms with Crippen LogP contribution in [0.15, 0.2) is 78.9 Å². The number of fused-ring (bicyclic) bond motifs is 1. The fourth-order valence-corrected chi connectivity index (χ4v) is 3.23. The summed E-state index contributed by atoms with van der Waals surface area (Å²) in [5.41, 5.74) is 4.52. The summed E-state index contributed by atoms with van der Waals surface area (Å²) in [6, 6.07) is 24.7. The number of nitrogens with zero attached hydrogens (tertiary/aromatic N) is 2. The third-order valence-electron chi connectivity index (χ3n) is 4.41. The molecule has 0 saturated carbocycles. The molecular formula is C22H16N2O2. The summed E-state index contributed by atoms with van der Waals surface area (Å²) in [7, 11) is 0. The van der Waals surface area contributed by atoms with Gasteiger partial charge in [-0.05, 0) is 24.6 Å². The molecular weight excluding hydrogens is 324 g/mol. The van der Waals surface area contributed by atoms with Gasteiger partial charge in [0.2, 0.25) is 0 Å². The highest BCUT2D eigenvalue weighted by Gasteiger charge is 2.25. The van der Waals surface area contributed by atoms with E-state index in [1.54, 1.807) is 0 Å². The number of aryl methyl sites for hydroxylation is 1. The fourth-order valence-electron chi connectivity index (χ4n) is 3.23. The second-order valence-electron chi connectivity index (χ2n) is 6.19. The summed E-state index contributed by atoms with van der Waals surface area (Å²) >= 11 is 0. The molecule has 126 valence electrons. The summed E-state index contributed by atoms with van der Waals surface area (Å²) in [5.74, 6) is 0. The Morgan fingerprint density at radius 3 is 2.08 bits per heavy atom. The van der Waals surface area contributed by atoms with Gasteiger partial charge in [-0.1, -0.05) is 72.3 Å². The van der Waals surface area contributed by atoms with Crippen LogP contribution in [0.2, 0.25) is 0 Å². The van der Waals surface area contributed by atoms with Crippen LogP contribution in [0, 0.1) is 17.0 Å². The molecule has 0 atom stereocenters. The smallest absolute Gasteiger partial charge is 0.258 e. The van der Waals surface area contributed by atoms with Crippen molar-refractivity contribution in [1.82, 2.24) is 4.98 Å². The molecule has 1 heterocycles. The standard InChI is InChI=1S/C22H16N2O2/c1-15-12-13-19-18(14-15)22(24(25)26)20(16-8-4-2-5-9-16)21(23-19)17-10-6-3-7-11-17/h2-14H,1H3. The summed E-state index contributed by atoms with van der Waals surface area (Å²) in [4.78, 5) is 16.6. The topological polar surface area (TPSA) is 56.0 Å². The molecule has 3 aromatic carbocycles. The van der Waals surface area contributed by atoms with Crippen molar-refractivity contribution in [2.45, 2.75) is 6.92 Å². The summed E-state index contributed by atoms with van der Waals surface area (Å²) in [5, 5.41) is 12.6. The van der Waals surface area contributed by atoms with Crippen molar-refractivity contribution in [2.75, 3.05) is 0 Å². The van der Waals surface area contributed by atoms with E-state index >= 15 is 0 Å². The lowest BCUT2D eigenvalue weighted by atomic mass is 9.95. The molecule has 0 amide bonds. The van der Waals surface area contributed by atoms with Crippen molar-refractivity contribution >= 4 is 16.6 Å². The molecule has 0 saturated heterocycles. The predicted molar refractivity (Wildman–Crippen MR) is 104 cm³/mol. The highest BCUT2D eigenvalue weighted by atomic mass is 16.6. The van der Waals surface area contributed by atoms with Crippen LogP contribution in [-0.2, 0) is 0 Å². The molecule has 0 N–H and O–H groups in total. The molecule has 0 aliphatic carbocycles. The zero-order valence-electron chi connectivity index (χ0n) is 14.2. The van der Waals surface area contributed by atoms with Crippen LogP contribution in [0.3, 0.4) is 0 Å². The fraction of sp³-hybridized carbons (Fsp3) is 0.0455. The number of aromatic nitrogens is 1. The van der Waals surface area contributed by atoms with Crippen LogP contribution in [0.1, 0.15) is 5.56 Å². The zero-order valence-corrected chi connectivity index (χ0v) is 14.2. The lowest BCUT2D eigenvalue weighted by Crippen LogP contribution is -1.99. The Balaban J connectivity index is 2.19. The van der Waals surface area contributed by atoms with Gasteiger partial charge in [0, 0.05) is 5.56 Å². The minimum atomic E-state index is -0.293. The predicted octanol–water partition coefficient (Wildman–Crippen LogP) is 5.79. The second-order valence-corrected chi connectivity index (χ2v) is 6.19. The largest absolute Gasteiger partial charge is 0.288 e. The molecule has 4 heteroatoms. The average Bonchev–Trinajstić information content (AvgIpc) is 2.67. The van der Waals surface area contributed by atoms with Gasteiger partial charge in [-0.2, -0.15) is 0 Å². The third kappa shape index (κ3) is 2.71. The molecule has 1 aromatic heterocycles. The van der Waals surface area contributed by atoms with Gasteiger partial charge in [-0.3, -0.25) is 10.1 Å². The Morgan fingerprint density at radius 2 is 1.46 bits per heavy atom. The minimum Gasteiger partial charge on any atom is -0.258 e. The molecule has 26 heavy (non-hydrogen) atoms. The van der Waals surface area contributed by atoms with E-state index in [4.69, 9.17) is 4.98 Å². The van der Waals surface area contributed by atoms with E-state index < -0.39 is 0 Å². The van der Waals surface area contributed by atoms with Crippen molar-refractivity contribution in [3.8, 4) is 22.4 Å². The van der Waals surface area contributed by atoms with Crippen molar-refractivity contribution in [3.05, 3.63) is 94.5 Å². The highest BCUT2D eigenvalue weighted by Crippen LogP contribution is 2.42. The highest BCUT2D eigenvalue weighted by molar-refractivity contribution is 6.01. The molecule has 0 unspecified atom stereocenters. The maximum absolute atomic E-state index is 12.1. The first-order valence-corrected chi connectivity index (χ1v) is 8.35. The molecule has 4 nitrogen and oxygen atoms in total. The number of benzene rings is 3. The molecule has 0 fully saturated rings. The van der Waals surface area contributed by atoms with Crippen molar-refractivity contribution in [2.24, 2.45) is 0 Å². The quantitative estimate of drug-likeness (QED) is 0.350. The number of hydrogen-bond acceptors (Lipinski definition) is 3. The van der Waals surface area contributed by atoms with Gasteiger partial charge < -0.3 is 0 Å².